The molecule has 21 heteroatoms. The Morgan fingerprint density at radius 3 is 1.90 bits per heavy atom. The Balaban J connectivity index is 1.60. The minimum atomic E-state index is -1.53. The standard InChI is InChI=1S/C37H50N8O12S/c1-20(38)31(50)43-26(17-46)34(53)41-24(14-21-6-3-2-4-7-21)33(52)44-28(19-58)32(51)39-16-30(49)40-27(18-47)36(55)45-13-5-8-29(45)35(54)42-25(37(56)57)15-22-9-11-23(48)12-10-22/h2-4,6-7,9-12,20,24-29,46-48,58H,5,8,13-19,38H2,1H3,(H,39,51)(H,40,49)(H,41,53)(H,42,54)(H,43,50)(H,44,52)(H,56,57)/t20-,24-,25-,26-,27-,28-,29-/m0/s1. The molecule has 12 N–H and O–H groups in total. The highest BCUT2D eigenvalue weighted by Crippen LogP contribution is 2.20. The molecule has 0 unspecified atom stereocenters. The van der Waals surface area contributed by atoms with Gasteiger partial charge in [-0.05, 0) is 43.0 Å². The number of carboxylic acid groups (broad SMARTS) is 1. The zero-order chi connectivity index (χ0) is 42.9. The van der Waals surface area contributed by atoms with E-state index in [1.54, 1.807) is 30.3 Å². The van der Waals surface area contributed by atoms with E-state index in [0.717, 1.165) is 4.90 Å². The summed E-state index contributed by atoms with van der Waals surface area (Å²) in [7, 11) is 0. The molecule has 20 nitrogen and oxygen atoms in total. The number of phenolic OH excluding ortho intramolecular Hbond substituents is 1. The van der Waals surface area contributed by atoms with E-state index in [9.17, 15) is 58.8 Å². The van der Waals surface area contributed by atoms with E-state index in [4.69, 9.17) is 5.73 Å². The number of hydrogen-bond acceptors (Lipinski definition) is 13. The summed E-state index contributed by atoms with van der Waals surface area (Å²) in [6, 6.07) is 5.21. The molecule has 0 aliphatic carbocycles. The fourth-order valence-corrected chi connectivity index (χ4v) is 6.11. The van der Waals surface area contributed by atoms with Gasteiger partial charge in [-0.25, -0.2) is 4.79 Å². The summed E-state index contributed by atoms with van der Waals surface area (Å²) >= 11 is 4.14. The van der Waals surface area contributed by atoms with Crippen molar-refractivity contribution in [1.82, 2.24) is 36.8 Å². The van der Waals surface area contributed by atoms with Crippen LogP contribution in [-0.2, 0) is 51.2 Å². The summed E-state index contributed by atoms with van der Waals surface area (Å²) in [6.07, 6.45) is 0.397. The molecule has 1 heterocycles. The number of aliphatic hydroxyl groups is 2. The summed E-state index contributed by atoms with van der Waals surface area (Å²) in [6.45, 7) is -0.946. The third kappa shape index (κ3) is 14.0. The number of aliphatic carboxylic acids is 1. The van der Waals surface area contributed by atoms with Gasteiger partial charge in [0.05, 0.1) is 25.8 Å². The van der Waals surface area contributed by atoms with E-state index in [2.05, 4.69) is 44.5 Å². The number of nitrogens with two attached hydrogens (primary N) is 1. The van der Waals surface area contributed by atoms with Gasteiger partial charge in [0.2, 0.25) is 41.4 Å². The smallest absolute Gasteiger partial charge is 0.326 e. The molecule has 7 amide bonds. The number of carbonyl (C=O) groups excluding carboxylic acids is 7. The van der Waals surface area contributed by atoms with Crippen molar-refractivity contribution in [3.63, 3.8) is 0 Å². The number of nitrogens with zero attached hydrogens (tertiary/aromatic N) is 1. The highest BCUT2D eigenvalue weighted by molar-refractivity contribution is 7.80. The van der Waals surface area contributed by atoms with Crippen LogP contribution in [0.4, 0.5) is 0 Å². The highest BCUT2D eigenvalue weighted by Gasteiger charge is 2.39. The van der Waals surface area contributed by atoms with Crippen LogP contribution >= 0.6 is 12.6 Å². The molecule has 3 rings (SSSR count). The van der Waals surface area contributed by atoms with Gasteiger partial charge in [0, 0.05) is 25.1 Å². The number of carboxylic acids is 1. The molecule has 0 saturated carbocycles. The summed E-state index contributed by atoms with van der Waals surface area (Å²) in [4.78, 5) is 104. The largest absolute Gasteiger partial charge is 0.508 e. The second-order valence-corrected chi connectivity index (χ2v) is 13.9. The minimum Gasteiger partial charge on any atom is -0.508 e. The first-order valence-corrected chi connectivity index (χ1v) is 18.9. The number of benzene rings is 2. The maximum Gasteiger partial charge on any atom is 0.326 e. The molecule has 1 aliphatic rings. The first-order chi connectivity index (χ1) is 27.6. The first kappa shape index (κ1) is 46.6. The molecule has 2 aromatic rings. The fraction of sp³-hybridized carbons (Fsp3) is 0.459. The van der Waals surface area contributed by atoms with Crippen LogP contribution < -0.4 is 37.6 Å². The SMILES string of the molecule is C[C@H](N)C(=O)N[C@@H](CO)C(=O)N[C@@H](Cc1ccccc1)C(=O)N[C@@H](CS)C(=O)NCC(=O)N[C@@H](CO)C(=O)N1CCC[C@H]1C(=O)N[C@@H](Cc1ccc(O)cc1)C(=O)O. The molecule has 1 saturated heterocycles. The number of nitrogens with one attached hydrogen (secondary N) is 6. The Bertz CT molecular complexity index is 1770. The molecular weight excluding hydrogens is 781 g/mol. The maximum atomic E-state index is 13.5. The van der Waals surface area contributed by atoms with Crippen LogP contribution in [0.5, 0.6) is 5.75 Å². The Morgan fingerprint density at radius 2 is 1.31 bits per heavy atom. The molecule has 7 atom stereocenters. The molecule has 0 radical (unpaired) electrons. The van der Waals surface area contributed by atoms with Gasteiger partial charge in [-0.1, -0.05) is 42.5 Å². The van der Waals surface area contributed by atoms with E-state index in [1.165, 1.54) is 31.2 Å². The molecular formula is C37H50N8O12S. The van der Waals surface area contributed by atoms with Gasteiger partial charge >= 0.3 is 5.97 Å². The third-order valence-electron chi connectivity index (χ3n) is 9.03. The highest BCUT2D eigenvalue weighted by atomic mass is 32.1. The van der Waals surface area contributed by atoms with Crippen molar-refractivity contribution in [3.8, 4) is 5.75 Å². The second kappa shape index (κ2) is 22.8. The van der Waals surface area contributed by atoms with E-state index < -0.39 is 109 Å². The lowest BCUT2D eigenvalue weighted by Crippen LogP contribution is -2.59. The number of hydrogen-bond donors (Lipinski definition) is 12. The third-order valence-corrected chi connectivity index (χ3v) is 9.39. The molecule has 58 heavy (non-hydrogen) atoms. The molecule has 1 fully saturated rings. The average Bonchev–Trinajstić information content (AvgIpc) is 3.70. The number of rotatable bonds is 21. The lowest BCUT2D eigenvalue weighted by Gasteiger charge is -2.29. The lowest BCUT2D eigenvalue weighted by atomic mass is 10.0. The van der Waals surface area contributed by atoms with Gasteiger partial charge in [-0.15, -0.1) is 0 Å². The Labute approximate surface area is 339 Å². The number of thiol groups is 1. The van der Waals surface area contributed by atoms with E-state index in [1.807, 2.05) is 0 Å². The van der Waals surface area contributed by atoms with Gasteiger partial charge in [0.1, 0.15) is 42.0 Å². The molecule has 0 bridgehead atoms. The van der Waals surface area contributed by atoms with Gasteiger partial charge < -0.3 is 63.0 Å². The molecule has 0 spiro atoms. The average molecular weight is 831 g/mol. The van der Waals surface area contributed by atoms with Crippen LogP contribution in [-0.4, -0.2) is 147 Å². The second-order valence-electron chi connectivity index (χ2n) is 13.5. The summed E-state index contributed by atoms with van der Waals surface area (Å²) < 4.78 is 0. The van der Waals surface area contributed by atoms with Crippen molar-refractivity contribution in [2.45, 2.75) is 74.9 Å². The van der Waals surface area contributed by atoms with Crippen molar-refractivity contribution in [2.75, 3.05) is 32.1 Å². The van der Waals surface area contributed by atoms with Crippen molar-refractivity contribution in [2.24, 2.45) is 5.73 Å². The van der Waals surface area contributed by atoms with E-state index >= 15 is 0 Å². The molecule has 316 valence electrons. The van der Waals surface area contributed by atoms with Crippen LogP contribution in [0.15, 0.2) is 54.6 Å². The van der Waals surface area contributed by atoms with Crippen molar-refractivity contribution in [1.29, 1.82) is 0 Å². The van der Waals surface area contributed by atoms with Gasteiger partial charge in [0.25, 0.3) is 0 Å². The van der Waals surface area contributed by atoms with Crippen LogP contribution in [0.2, 0.25) is 0 Å². The normalized spacial score (nSPS) is 16.6. The Kier molecular flexibility index (Phi) is 18.4. The van der Waals surface area contributed by atoms with Crippen LogP contribution in [0.3, 0.4) is 0 Å². The van der Waals surface area contributed by atoms with Crippen molar-refractivity contribution < 1.29 is 58.8 Å². The summed E-state index contributed by atoms with van der Waals surface area (Å²) in [5, 5.41) is 53.2. The van der Waals surface area contributed by atoms with Gasteiger partial charge in [0.15, 0.2) is 0 Å². The zero-order valence-corrected chi connectivity index (χ0v) is 32.5. The minimum absolute atomic E-state index is 0.0202. The summed E-state index contributed by atoms with van der Waals surface area (Å²) in [5.74, 6) is -7.42. The number of amides is 7. The van der Waals surface area contributed by atoms with Gasteiger partial charge in [-0.3, -0.25) is 33.6 Å². The quantitative estimate of drug-likeness (QED) is 0.0536. The zero-order valence-electron chi connectivity index (χ0n) is 31.6. The van der Waals surface area contributed by atoms with E-state index in [0.29, 0.717) is 17.5 Å². The molecule has 0 aromatic heterocycles. The van der Waals surface area contributed by atoms with Crippen LogP contribution in [0.1, 0.15) is 30.9 Å². The summed E-state index contributed by atoms with van der Waals surface area (Å²) in [5.41, 5.74) is 6.68. The Morgan fingerprint density at radius 1 is 0.741 bits per heavy atom. The number of likely N-dealkylation sites (tertiary alicyclic amines) is 1. The maximum absolute atomic E-state index is 13.5. The lowest BCUT2D eigenvalue weighted by molar-refractivity contribution is -0.145. The Hall–Kier alpha value is -5.77. The predicted molar refractivity (Wildman–Crippen MR) is 209 cm³/mol. The van der Waals surface area contributed by atoms with E-state index in [-0.39, 0.29) is 37.3 Å². The fourth-order valence-electron chi connectivity index (χ4n) is 5.86. The molecule has 2 aromatic carbocycles. The van der Waals surface area contributed by atoms with Crippen LogP contribution in [0, 0.1) is 0 Å². The van der Waals surface area contributed by atoms with Crippen LogP contribution in [0.25, 0.3) is 0 Å². The van der Waals surface area contributed by atoms with Gasteiger partial charge in [-0.2, -0.15) is 12.6 Å². The topological polar surface area (TPSA) is 319 Å². The number of carbonyl (C=O) groups is 8. The predicted octanol–water partition coefficient (Wildman–Crippen LogP) is -3.95. The van der Waals surface area contributed by atoms with Crippen molar-refractivity contribution >= 4 is 59.9 Å². The molecule has 1 aliphatic heterocycles. The number of aliphatic hydroxyl groups excluding tert-OH is 2. The monoisotopic (exact) mass is 830 g/mol. The van der Waals surface area contributed by atoms with Crippen molar-refractivity contribution in [3.05, 3.63) is 65.7 Å². The number of aromatic hydroxyl groups is 1. The first-order valence-electron chi connectivity index (χ1n) is 18.3. The number of phenols is 1.